The van der Waals surface area contributed by atoms with E-state index in [4.69, 9.17) is 4.74 Å². The summed E-state index contributed by atoms with van der Waals surface area (Å²) in [6.07, 6.45) is 12.6. The molecule has 0 radical (unpaired) electrons. The van der Waals surface area contributed by atoms with Crippen LogP contribution in [0, 0.1) is 11.8 Å². The lowest BCUT2D eigenvalue weighted by Crippen LogP contribution is -2.20. The van der Waals surface area contributed by atoms with Gasteiger partial charge < -0.3 is 4.74 Å². The minimum absolute atomic E-state index is 0.757. The predicted molar refractivity (Wildman–Crippen MR) is 93.4 cm³/mol. The fourth-order valence-corrected chi connectivity index (χ4v) is 3.45. The third-order valence-electron chi connectivity index (χ3n) is 4.75. The van der Waals surface area contributed by atoms with Crippen molar-refractivity contribution >= 4 is 12.6 Å². The lowest BCUT2D eigenvalue weighted by atomic mass is 9.80. The van der Waals surface area contributed by atoms with Crippen molar-refractivity contribution < 1.29 is 4.74 Å². The van der Waals surface area contributed by atoms with Gasteiger partial charge in [-0.15, -0.1) is 12.6 Å². The molecule has 21 heavy (non-hydrogen) atoms. The molecule has 1 aromatic rings. The molecule has 0 bridgehead atoms. The van der Waals surface area contributed by atoms with Crippen LogP contribution in [0.25, 0.3) is 0 Å². The molecule has 1 nitrogen and oxygen atoms in total. The molecule has 0 atom stereocenters. The van der Waals surface area contributed by atoms with Crippen LogP contribution in [0.1, 0.15) is 64.7 Å². The van der Waals surface area contributed by atoms with Gasteiger partial charge in [0.15, 0.2) is 0 Å². The van der Waals surface area contributed by atoms with E-state index in [0.717, 1.165) is 29.1 Å². The van der Waals surface area contributed by atoms with Crippen molar-refractivity contribution in [2.45, 2.75) is 69.6 Å². The lowest BCUT2D eigenvalue weighted by molar-refractivity contribution is 0.177. The van der Waals surface area contributed by atoms with Crippen LogP contribution in [0.4, 0.5) is 0 Å². The number of rotatable bonds is 8. The van der Waals surface area contributed by atoms with E-state index in [-0.39, 0.29) is 0 Å². The fourth-order valence-electron chi connectivity index (χ4n) is 3.30. The SMILES string of the molecule is CCCCCCC1CCC(COc2ccc(S)cc2)CC1. The largest absolute Gasteiger partial charge is 0.493 e. The Kier molecular flexibility index (Phi) is 7.49. The van der Waals surface area contributed by atoms with E-state index in [1.54, 1.807) is 0 Å². The topological polar surface area (TPSA) is 9.23 Å². The summed E-state index contributed by atoms with van der Waals surface area (Å²) >= 11 is 4.30. The minimum atomic E-state index is 0.757. The molecule has 0 amide bonds. The maximum atomic E-state index is 5.91. The Balaban J connectivity index is 1.59. The van der Waals surface area contributed by atoms with Crippen LogP contribution in [0.2, 0.25) is 0 Å². The van der Waals surface area contributed by atoms with Crippen LogP contribution in [0.5, 0.6) is 5.75 Å². The highest BCUT2D eigenvalue weighted by molar-refractivity contribution is 7.80. The molecule has 0 aliphatic heterocycles. The number of unbranched alkanes of at least 4 members (excludes halogenated alkanes) is 3. The first-order chi connectivity index (χ1) is 10.3. The van der Waals surface area contributed by atoms with Crippen LogP contribution in [0.15, 0.2) is 29.2 Å². The van der Waals surface area contributed by atoms with E-state index in [9.17, 15) is 0 Å². The zero-order valence-corrected chi connectivity index (χ0v) is 14.3. The van der Waals surface area contributed by atoms with Crippen LogP contribution in [0.3, 0.4) is 0 Å². The molecule has 0 N–H and O–H groups in total. The van der Waals surface area contributed by atoms with Crippen LogP contribution >= 0.6 is 12.6 Å². The lowest BCUT2D eigenvalue weighted by Gasteiger charge is -2.28. The highest BCUT2D eigenvalue weighted by atomic mass is 32.1. The second kappa shape index (κ2) is 9.40. The second-order valence-electron chi connectivity index (χ2n) is 6.54. The van der Waals surface area contributed by atoms with E-state index in [1.807, 2.05) is 24.3 Å². The molecule has 2 heteroatoms. The summed E-state index contributed by atoms with van der Waals surface area (Å²) in [5.74, 6) is 2.73. The van der Waals surface area contributed by atoms with Crippen LogP contribution < -0.4 is 4.74 Å². The molecule has 0 saturated heterocycles. The van der Waals surface area contributed by atoms with Gasteiger partial charge in [0.25, 0.3) is 0 Å². The smallest absolute Gasteiger partial charge is 0.119 e. The monoisotopic (exact) mass is 306 g/mol. The Morgan fingerprint density at radius 1 is 0.952 bits per heavy atom. The number of ether oxygens (including phenoxy) is 1. The highest BCUT2D eigenvalue weighted by Gasteiger charge is 2.21. The van der Waals surface area contributed by atoms with Crippen molar-refractivity contribution in [2.24, 2.45) is 11.8 Å². The number of benzene rings is 1. The predicted octanol–water partition coefficient (Wildman–Crippen LogP) is 6.13. The third kappa shape index (κ3) is 6.34. The Morgan fingerprint density at radius 2 is 1.62 bits per heavy atom. The van der Waals surface area contributed by atoms with Gasteiger partial charge in [-0.1, -0.05) is 51.9 Å². The molecule has 1 aromatic carbocycles. The summed E-state index contributed by atoms with van der Waals surface area (Å²) < 4.78 is 5.91. The molecular weight excluding hydrogens is 276 g/mol. The van der Waals surface area contributed by atoms with Gasteiger partial charge in [-0.3, -0.25) is 0 Å². The summed E-state index contributed by atoms with van der Waals surface area (Å²) in [4.78, 5) is 0.992. The van der Waals surface area contributed by atoms with Gasteiger partial charge in [0.2, 0.25) is 0 Å². The molecular formula is C19H30OS. The maximum absolute atomic E-state index is 5.91. The normalized spacial score (nSPS) is 22.2. The maximum Gasteiger partial charge on any atom is 0.119 e. The van der Waals surface area contributed by atoms with Gasteiger partial charge in [0.05, 0.1) is 6.61 Å². The van der Waals surface area contributed by atoms with Crippen molar-refractivity contribution in [2.75, 3.05) is 6.61 Å². The van der Waals surface area contributed by atoms with Crippen LogP contribution in [-0.4, -0.2) is 6.61 Å². The van der Waals surface area contributed by atoms with Gasteiger partial charge >= 0.3 is 0 Å². The molecule has 1 fully saturated rings. The molecule has 0 unspecified atom stereocenters. The standard InChI is InChI=1S/C19H30OS/c1-2-3-4-5-6-16-7-9-17(10-8-16)15-20-18-11-13-19(21)14-12-18/h11-14,16-17,21H,2-10,15H2,1H3. The van der Waals surface area contributed by atoms with E-state index < -0.39 is 0 Å². The van der Waals surface area contributed by atoms with Crippen molar-refractivity contribution in [3.63, 3.8) is 0 Å². The molecule has 1 aliphatic carbocycles. The first kappa shape index (κ1) is 16.7. The molecule has 1 aliphatic rings. The average molecular weight is 307 g/mol. The fraction of sp³-hybridized carbons (Fsp3) is 0.684. The Hall–Kier alpha value is -0.630. The Bertz CT molecular complexity index is 379. The van der Waals surface area contributed by atoms with Gasteiger partial charge in [-0.05, 0) is 48.9 Å². The minimum Gasteiger partial charge on any atom is -0.493 e. The van der Waals surface area contributed by atoms with Gasteiger partial charge in [0.1, 0.15) is 5.75 Å². The van der Waals surface area contributed by atoms with E-state index >= 15 is 0 Å². The Morgan fingerprint density at radius 3 is 2.29 bits per heavy atom. The summed E-state index contributed by atoms with van der Waals surface area (Å²) in [6, 6.07) is 8.01. The van der Waals surface area contributed by atoms with Crippen molar-refractivity contribution in [3.05, 3.63) is 24.3 Å². The van der Waals surface area contributed by atoms with Gasteiger partial charge in [-0.25, -0.2) is 0 Å². The number of thiol groups is 1. The summed E-state index contributed by atoms with van der Waals surface area (Å²) in [5.41, 5.74) is 0. The zero-order valence-electron chi connectivity index (χ0n) is 13.4. The van der Waals surface area contributed by atoms with Gasteiger partial charge in [-0.2, -0.15) is 0 Å². The van der Waals surface area contributed by atoms with Crippen molar-refractivity contribution in [3.8, 4) is 5.75 Å². The Labute approximate surface area is 135 Å². The first-order valence-electron chi connectivity index (χ1n) is 8.69. The van der Waals surface area contributed by atoms with Crippen molar-refractivity contribution in [1.29, 1.82) is 0 Å². The van der Waals surface area contributed by atoms with Crippen LogP contribution in [-0.2, 0) is 0 Å². The summed E-state index contributed by atoms with van der Waals surface area (Å²) in [6.45, 7) is 3.17. The zero-order chi connectivity index (χ0) is 14.9. The third-order valence-corrected chi connectivity index (χ3v) is 5.05. The molecule has 1 saturated carbocycles. The first-order valence-corrected chi connectivity index (χ1v) is 9.14. The molecule has 0 aromatic heterocycles. The van der Waals surface area contributed by atoms with E-state index in [1.165, 1.54) is 57.8 Å². The number of hydrogen-bond acceptors (Lipinski definition) is 2. The molecule has 118 valence electrons. The molecule has 0 spiro atoms. The summed E-state index contributed by atoms with van der Waals surface area (Å²) in [5, 5.41) is 0. The summed E-state index contributed by atoms with van der Waals surface area (Å²) in [7, 11) is 0. The second-order valence-corrected chi connectivity index (χ2v) is 7.06. The van der Waals surface area contributed by atoms with Crippen molar-refractivity contribution in [1.82, 2.24) is 0 Å². The average Bonchev–Trinajstić information content (AvgIpc) is 2.52. The van der Waals surface area contributed by atoms with E-state index in [0.29, 0.717) is 0 Å². The molecule has 2 rings (SSSR count). The highest BCUT2D eigenvalue weighted by Crippen LogP contribution is 2.32. The van der Waals surface area contributed by atoms with Gasteiger partial charge in [0, 0.05) is 4.90 Å². The molecule has 0 heterocycles. The quantitative estimate of drug-likeness (QED) is 0.449. The van der Waals surface area contributed by atoms with E-state index in [2.05, 4.69) is 19.6 Å². The number of hydrogen-bond donors (Lipinski definition) is 1.